The zero-order valence-corrected chi connectivity index (χ0v) is 21.2. The topological polar surface area (TPSA) is 69.7 Å². The molecule has 5 aromatic rings. The molecule has 0 fully saturated rings. The molecular weight excluding hydrogens is 488 g/mol. The van der Waals surface area contributed by atoms with E-state index >= 15 is 0 Å². The molecule has 0 aliphatic carbocycles. The van der Waals surface area contributed by atoms with Gasteiger partial charge in [-0.05, 0) is 34.0 Å². The van der Waals surface area contributed by atoms with Gasteiger partial charge < -0.3 is 9.47 Å². The van der Waals surface area contributed by atoms with Crippen LogP contribution in [0.1, 0.15) is 37.4 Å². The molecule has 0 spiro atoms. The average Bonchev–Trinajstić information content (AvgIpc) is 3.00. The van der Waals surface area contributed by atoms with Gasteiger partial charge in [-0.15, -0.1) is 0 Å². The van der Waals surface area contributed by atoms with E-state index in [0.717, 1.165) is 21.9 Å². The molecular formula is C34H26O5. The Morgan fingerprint density at radius 1 is 0.564 bits per heavy atom. The summed E-state index contributed by atoms with van der Waals surface area (Å²) < 4.78 is 11.2. The molecule has 39 heavy (non-hydrogen) atoms. The normalized spacial score (nSPS) is 11.5. The van der Waals surface area contributed by atoms with E-state index in [1.807, 2.05) is 78.9 Å². The second kappa shape index (κ2) is 12.0. The summed E-state index contributed by atoms with van der Waals surface area (Å²) in [6.45, 7) is 0.0712. The van der Waals surface area contributed by atoms with Crippen LogP contribution in [0.15, 0.2) is 127 Å². The second-order valence-corrected chi connectivity index (χ2v) is 9.15. The van der Waals surface area contributed by atoms with Gasteiger partial charge in [0, 0.05) is 17.5 Å². The highest BCUT2D eigenvalue weighted by Gasteiger charge is 2.26. The molecule has 0 amide bonds. The average molecular weight is 515 g/mol. The number of benzene rings is 5. The van der Waals surface area contributed by atoms with Gasteiger partial charge in [-0.1, -0.05) is 115 Å². The number of rotatable bonds is 9. The van der Waals surface area contributed by atoms with Crippen LogP contribution in [0.3, 0.4) is 0 Å². The smallest absolute Gasteiger partial charge is 0.348 e. The largest absolute Gasteiger partial charge is 0.458 e. The number of ether oxygens (including phenoxy) is 2. The van der Waals surface area contributed by atoms with Crippen LogP contribution < -0.4 is 0 Å². The standard InChI is InChI=1S/C34H26O5/c35-32(27-12-5-2-6-13-27)28-17-19-29(20-18-28)33(36)39-31(34(37)38-23-24-9-3-1-4-10-24)22-25-15-16-26-11-7-8-14-30(26)21-25/h1-21,31H,22-23H2/t31-/m1/s1. The summed E-state index contributed by atoms with van der Waals surface area (Å²) >= 11 is 0. The molecule has 0 aliphatic heterocycles. The van der Waals surface area contributed by atoms with Gasteiger partial charge in [0.2, 0.25) is 6.10 Å². The summed E-state index contributed by atoms with van der Waals surface area (Å²) in [7, 11) is 0. The fraction of sp³-hybridized carbons (Fsp3) is 0.0882. The molecule has 0 radical (unpaired) electrons. The first-order valence-electron chi connectivity index (χ1n) is 12.7. The van der Waals surface area contributed by atoms with Gasteiger partial charge in [0.25, 0.3) is 0 Å². The summed E-state index contributed by atoms with van der Waals surface area (Å²) in [6.07, 6.45) is -0.984. The first-order valence-corrected chi connectivity index (χ1v) is 12.7. The number of hydrogen-bond donors (Lipinski definition) is 0. The van der Waals surface area contributed by atoms with Crippen molar-refractivity contribution in [1.29, 1.82) is 0 Å². The summed E-state index contributed by atoms with van der Waals surface area (Å²) in [5.41, 5.74) is 2.92. The quantitative estimate of drug-likeness (QED) is 0.164. The van der Waals surface area contributed by atoms with Gasteiger partial charge in [-0.3, -0.25) is 4.79 Å². The van der Waals surface area contributed by atoms with Crippen LogP contribution >= 0.6 is 0 Å². The lowest BCUT2D eigenvalue weighted by Crippen LogP contribution is -2.31. The van der Waals surface area contributed by atoms with Crippen molar-refractivity contribution in [3.8, 4) is 0 Å². The molecule has 0 bridgehead atoms. The molecule has 0 heterocycles. The first kappa shape index (κ1) is 25.6. The Morgan fingerprint density at radius 3 is 1.87 bits per heavy atom. The highest BCUT2D eigenvalue weighted by Crippen LogP contribution is 2.19. The number of fused-ring (bicyclic) bond motifs is 1. The third kappa shape index (κ3) is 6.46. The Balaban J connectivity index is 1.33. The Bertz CT molecular complexity index is 1590. The molecule has 0 aliphatic rings. The van der Waals surface area contributed by atoms with Crippen LogP contribution in [0.2, 0.25) is 0 Å². The van der Waals surface area contributed by atoms with Gasteiger partial charge in [0.15, 0.2) is 5.78 Å². The third-order valence-electron chi connectivity index (χ3n) is 6.39. The van der Waals surface area contributed by atoms with Crippen molar-refractivity contribution >= 4 is 28.5 Å². The fourth-order valence-electron chi connectivity index (χ4n) is 4.29. The zero-order chi connectivity index (χ0) is 27.0. The lowest BCUT2D eigenvalue weighted by molar-refractivity contribution is -0.155. The third-order valence-corrected chi connectivity index (χ3v) is 6.39. The molecule has 0 aromatic heterocycles. The Labute approximate surface area is 226 Å². The minimum atomic E-state index is -1.15. The van der Waals surface area contributed by atoms with Crippen molar-refractivity contribution in [1.82, 2.24) is 0 Å². The van der Waals surface area contributed by atoms with Crippen LogP contribution in [0, 0.1) is 0 Å². The number of hydrogen-bond acceptors (Lipinski definition) is 5. The fourth-order valence-corrected chi connectivity index (χ4v) is 4.29. The van der Waals surface area contributed by atoms with Gasteiger partial charge in [0.05, 0.1) is 5.56 Å². The van der Waals surface area contributed by atoms with E-state index in [0.29, 0.717) is 11.1 Å². The first-order chi connectivity index (χ1) is 19.1. The van der Waals surface area contributed by atoms with E-state index in [1.165, 1.54) is 12.1 Å². The molecule has 0 saturated carbocycles. The van der Waals surface area contributed by atoms with Crippen molar-refractivity contribution < 1.29 is 23.9 Å². The minimum Gasteiger partial charge on any atom is -0.458 e. The summed E-state index contributed by atoms with van der Waals surface area (Å²) in [6, 6.07) is 38.2. The molecule has 0 saturated heterocycles. The van der Waals surface area contributed by atoms with Crippen molar-refractivity contribution in [2.45, 2.75) is 19.1 Å². The maximum absolute atomic E-state index is 13.1. The SMILES string of the molecule is O=C(O[C@H](Cc1ccc2ccccc2c1)C(=O)OCc1ccccc1)c1ccc(C(=O)c2ccccc2)cc1. The maximum Gasteiger partial charge on any atom is 0.348 e. The molecule has 192 valence electrons. The number of carbonyl (C=O) groups excluding carboxylic acids is 3. The van der Waals surface area contributed by atoms with Crippen LogP contribution in [0.5, 0.6) is 0 Å². The van der Waals surface area contributed by atoms with Crippen LogP contribution in [0.4, 0.5) is 0 Å². The van der Waals surface area contributed by atoms with Crippen LogP contribution in [0.25, 0.3) is 10.8 Å². The van der Waals surface area contributed by atoms with Crippen LogP contribution in [-0.2, 0) is 27.3 Å². The van der Waals surface area contributed by atoms with E-state index in [1.54, 1.807) is 36.4 Å². The minimum absolute atomic E-state index is 0.0712. The van der Waals surface area contributed by atoms with Gasteiger partial charge in [-0.2, -0.15) is 0 Å². The molecule has 5 heteroatoms. The molecule has 0 N–H and O–H groups in total. The monoisotopic (exact) mass is 514 g/mol. The molecule has 5 nitrogen and oxygen atoms in total. The molecule has 5 rings (SSSR count). The van der Waals surface area contributed by atoms with Crippen molar-refractivity contribution in [2.75, 3.05) is 0 Å². The number of esters is 2. The summed E-state index contributed by atoms with van der Waals surface area (Å²) in [5.74, 6) is -1.44. The van der Waals surface area contributed by atoms with Crippen molar-refractivity contribution in [3.63, 3.8) is 0 Å². The zero-order valence-electron chi connectivity index (χ0n) is 21.2. The maximum atomic E-state index is 13.1. The van der Waals surface area contributed by atoms with Crippen molar-refractivity contribution in [3.05, 3.63) is 155 Å². The van der Waals surface area contributed by atoms with Crippen LogP contribution in [-0.4, -0.2) is 23.8 Å². The second-order valence-electron chi connectivity index (χ2n) is 9.15. The molecule has 5 aromatic carbocycles. The van der Waals surface area contributed by atoms with E-state index < -0.39 is 18.0 Å². The summed E-state index contributed by atoms with van der Waals surface area (Å²) in [4.78, 5) is 38.9. The number of ketones is 1. The number of carbonyl (C=O) groups is 3. The summed E-state index contributed by atoms with van der Waals surface area (Å²) in [5, 5.41) is 2.10. The lowest BCUT2D eigenvalue weighted by atomic mass is 10.0. The predicted octanol–water partition coefficient (Wildman–Crippen LogP) is 6.58. The van der Waals surface area contributed by atoms with E-state index in [9.17, 15) is 14.4 Å². The van der Waals surface area contributed by atoms with E-state index in [-0.39, 0.29) is 24.4 Å². The molecule has 0 unspecified atom stereocenters. The van der Waals surface area contributed by atoms with Gasteiger partial charge >= 0.3 is 11.9 Å². The highest BCUT2D eigenvalue weighted by atomic mass is 16.6. The Kier molecular flexibility index (Phi) is 7.89. The predicted molar refractivity (Wildman–Crippen MR) is 149 cm³/mol. The highest BCUT2D eigenvalue weighted by molar-refractivity contribution is 6.09. The van der Waals surface area contributed by atoms with Crippen molar-refractivity contribution in [2.24, 2.45) is 0 Å². The van der Waals surface area contributed by atoms with Gasteiger partial charge in [0.1, 0.15) is 6.61 Å². The lowest BCUT2D eigenvalue weighted by Gasteiger charge is -2.18. The van der Waals surface area contributed by atoms with E-state index in [2.05, 4.69) is 0 Å². The Hall–Kier alpha value is -5.03. The molecule has 1 atom stereocenters. The van der Waals surface area contributed by atoms with E-state index in [4.69, 9.17) is 9.47 Å². The van der Waals surface area contributed by atoms with Gasteiger partial charge in [-0.25, -0.2) is 9.59 Å². The Morgan fingerprint density at radius 2 is 1.15 bits per heavy atom.